The molecule has 0 unspecified atom stereocenters. The average Bonchev–Trinajstić information content (AvgIpc) is 2.70. The summed E-state index contributed by atoms with van der Waals surface area (Å²) in [5, 5.41) is 3.73. The van der Waals surface area contributed by atoms with Gasteiger partial charge in [-0.2, -0.15) is 0 Å². The van der Waals surface area contributed by atoms with E-state index in [2.05, 4.69) is 5.16 Å². The normalized spacial score (nSPS) is 13.2. The fraction of sp³-hybridized carbons (Fsp3) is 0.750. The summed E-state index contributed by atoms with van der Waals surface area (Å²) in [5.74, 6) is 0.467. The highest BCUT2D eigenvalue weighted by atomic mass is 32.2. The van der Waals surface area contributed by atoms with Gasteiger partial charge in [-0.25, -0.2) is 12.7 Å². The van der Waals surface area contributed by atoms with Gasteiger partial charge in [0.15, 0.2) is 0 Å². The van der Waals surface area contributed by atoms with E-state index in [-0.39, 0.29) is 11.2 Å². The molecule has 0 aliphatic rings. The van der Waals surface area contributed by atoms with Crippen LogP contribution in [0.2, 0.25) is 0 Å². The predicted molar refractivity (Wildman–Crippen MR) is 73.9 cm³/mol. The minimum atomic E-state index is -3.40. The molecular formula is C12H23N3O3S. The van der Waals surface area contributed by atoms with Crippen LogP contribution in [-0.2, 0) is 15.8 Å². The van der Waals surface area contributed by atoms with E-state index in [0.29, 0.717) is 31.1 Å². The molecule has 0 atom stereocenters. The Hall–Kier alpha value is -0.920. The van der Waals surface area contributed by atoms with E-state index in [0.717, 1.165) is 0 Å². The Morgan fingerprint density at radius 3 is 2.53 bits per heavy atom. The summed E-state index contributed by atoms with van der Waals surface area (Å²) >= 11 is 0. The van der Waals surface area contributed by atoms with Crippen molar-refractivity contribution in [3.8, 4) is 0 Å². The van der Waals surface area contributed by atoms with Gasteiger partial charge in [0.1, 0.15) is 17.2 Å². The molecule has 6 nitrogen and oxygen atoms in total. The second-order valence-corrected chi connectivity index (χ2v) is 7.45. The molecule has 0 saturated heterocycles. The van der Waals surface area contributed by atoms with Gasteiger partial charge in [-0.05, 0) is 18.9 Å². The largest absolute Gasteiger partial charge is 0.361 e. The molecular weight excluding hydrogens is 266 g/mol. The lowest BCUT2D eigenvalue weighted by molar-refractivity contribution is 0.272. The van der Waals surface area contributed by atoms with E-state index in [9.17, 15) is 8.42 Å². The molecule has 1 rings (SSSR count). The maximum atomic E-state index is 12.3. The molecule has 1 aromatic rings. The van der Waals surface area contributed by atoms with Crippen LogP contribution in [-0.4, -0.2) is 37.5 Å². The quantitative estimate of drug-likeness (QED) is 0.812. The maximum Gasteiger partial charge on any atom is 0.219 e. The van der Waals surface area contributed by atoms with Gasteiger partial charge in [-0.3, -0.25) is 0 Å². The number of rotatable bonds is 7. The number of aryl methyl sites for hydroxylation is 1. The summed E-state index contributed by atoms with van der Waals surface area (Å²) in [4.78, 5) is 0. The fourth-order valence-electron chi connectivity index (χ4n) is 1.71. The van der Waals surface area contributed by atoms with E-state index in [1.165, 1.54) is 4.31 Å². The summed E-state index contributed by atoms with van der Waals surface area (Å²) in [7, 11) is -3.40. The molecule has 7 heteroatoms. The van der Waals surface area contributed by atoms with Gasteiger partial charge < -0.3 is 10.3 Å². The van der Waals surface area contributed by atoms with Gasteiger partial charge in [-0.1, -0.05) is 25.9 Å². The van der Waals surface area contributed by atoms with E-state index in [1.54, 1.807) is 13.0 Å². The van der Waals surface area contributed by atoms with Gasteiger partial charge in [0.2, 0.25) is 10.0 Å². The molecule has 0 fully saturated rings. The van der Waals surface area contributed by atoms with E-state index in [4.69, 9.17) is 10.3 Å². The molecule has 0 saturated carbocycles. The van der Waals surface area contributed by atoms with Crippen molar-refractivity contribution in [2.45, 2.75) is 33.4 Å². The smallest absolute Gasteiger partial charge is 0.219 e. The van der Waals surface area contributed by atoms with Gasteiger partial charge in [0.25, 0.3) is 0 Å². The molecule has 0 aliphatic heterocycles. The third kappa shape index (κ3) is 4.59. The van der Waals surface area contributed by atoms with Crippen molar-refractivity contribution in [1.29, 1.82) is 0 Å². The summed E-state index contributed by atoms with van der Waals surface area (Å²) < 4.78 is 31.0. The van der Waals surface area contributed by atoms with Crippen LogP contribution in [0.1, 0.15) is 32.2 Å². The van der Waals surface area contributed by atoms with Gasteiger partial charge >= 0.3 is 0 Å². The summed E-state index contributed by atoms with van der Waals surface area (Å²) in [6.45, 7) is 8.71. The highest BCUT2D eigenvalue weighted by molar-refractivity contribution is 7.88. The van der Waals surface area contributed by atoms with Crippen molar-refractivity contribution < 1.29 is 12.9 Å². The summed E-state index contributed by atoms with van der Waals surface area (Å²) in [6, 6.07) is 1.64. The first-order valence-electron chi connectivity index (χ1n) is 6.30. The van der Waals surface area contributed by atoms with Crippen LogP contribution in [0.5, 0.6) is 0 Å². The average molecular weight is 289 g/mol. The molecule has 0 spiro atoms. The summed E-state index contributed by atoms with van der Waals surface area (Å²) in [6.07, 6.45) is 0. The lowest BCUT2D eigenvalue weighted by Gasteiger charge is -2.30. The first kappa shape index (κ1) is 16.1. The van der Waals surface area contributed by atoms with E-state index in [1.807, 2.05) is 20.8 Å². The molecule has 0 amide bonds. The standard InChI is InChI=1S/C12H23N3O3S/c1-5-15(9-12(3,4)8-13)19(16,17)7-11-6-10(2)18-14-11/h6H,5,7-9,13H2,1-4H3. The zero-order valence-corrected chi connectivity index (χ0v) is 12.8. The van der Waals surface area contributed by atoms with Crippen LogP contribution >= 0.6 is 0 Å². The number of sulfonamides is 1. The van der Waals surface area contributed by atoms with Crippen LogP contribution < -0.4 is 5.73 Å². The van der Waals surface area contributed by atoms with Crippen LogP contribution in [0.15, 0.2) is 10.6 Å². The molecule has 19 heavy (non-hydrogen) atoms. The molecule has 0 bridgehead atoms. The third-order valence-electron chi connectivity index (χ3n) is 2.91. The van der Waals surface area contributed by atoms with E-state index >= 15 is 0 Å². The Labute approximate surface area is 115 Å². The molecule has 0 aromatic carbocycles. The van der Waals surface area contributed by atoms with Gasteiger partial charge in [0, 0.05) is 19.2 Å². The Bertz CT molecular complexity index is 508. The van der Waals surface area contributed by atoms with E-state index < -0.39 is 10.0 Å². The third-order valence-corrected chi connectivity index (χ3v) is 4.74. The lowest BCUT2D eigenvalue weighted by atomic mass is 9.94. The van der Waals surface area contributed by atoms with Crippen LogP contribution in [0.4, 0.5) is 0 Å². The summed E-state index contributed by atoms with van der Waals surface area (Å²) in [5.41, 5.74) is 5.84. The number of hydrogen-bond donors (Lipinski definition) is 1. The van der Waals surface area contributed by atoms with Crippen LogP contribution in [0.25, 0.3) is 0 Å². The van der Waals surface area contributed by atoms with Crippen molar-refractivity contribution in [2.24, 2.45) is 11.1 Å². The minimum absolute atomic E-state index is 0.140. The minimum Gasteiger partial charge on any atom is -0.361 e. The Morgan fingerprint density at radius 1 is 1.47 bits per heavy atom. The lowest BCUT2D eigenvalue weighted by Crippen LogP contribution is -2.42. The Morgan fingerprint density at radius 2 is 2.11 bits per heavy atom. The number of aromatic nitrogens is 1. The first-order valence-corrected chi connectivity index (χ1v) is 7.91. The SMILES string of the molecule is CCN(CC(C)(C)CN)S(=O)(=O)Cc1cc(C)on1. The maximum absolute atomic E-state index is 12.3. The van der Waals surface area contributed by atoms with Crippen molar-refractivity contribution >= 4 is 10.0 Å². The van der Waals surface area contributed by atoms with Gasteiger partial charge in [-0.15, -0.1) is 0 Å². The first-order chi connectivity index (χ1) is 8.70. The van der Waals surface area contributed by atoms with Crippen molar-refractivity contribution in [3.63, 3.8) is 0 Å². The van der Waals surface area contributed by atoms with Gasteiger partial charge in [0.05, 0.1) is 0 Å². The highest BCUT2D eigenvalue weighted by Crippen LogP contribution is 2.19. The number of nitrogens with zero attached hydrogens (tertiary/aromatic N) is 2. The number of nitrogens with two attached hydrogens (primary N) is 1. The monoisotopic (exact) mass is 289 g/mol. The predicted octanol–water partition coefficient (Wildman–Crippen LogP) is 1.12. The van der Waals surface area contributed by atoms with Crippen molar-refractivity contribution in [1.82, 2.24) is 9.46 Å². The zero-order valence-electron chi connectivity index (χ0n) is 12.0. The van der Waals surface area contributed by atoms with Crippen LogP contribution in [0.3, 0.4) is 0 Å². The number of hydrogen-bond acceptors (Lipinski definition) is 5. The van der Waals surface area contributed by atoms with Crippen molar-refractivity contribution in [3.05, 3.63) is 17.5 Å². The topological polar surface area (TPSA) is 89.4 Å². The van der Waals surface area contributed by atoms with Crippen LogP contribution in [0, 0.1) is 12.3 Å². The molecule has 110 valence electrons. The molecule has 2 N–H and O–H groups in total. The zero-order chi connectivity index (χ0) is 14.7. The fourth-order valence-corrected chi connectivity index (χ4v) is 3.34. The highest BCUT2D eigenvalue weighted by Gasteiger charge is 2.28. The molecule has 0 radical (unpaired) electrons. The second-order valence-electron chi connectivity index (χ2n) is 5.48. The molecule has 0 aliphatic carbocycles. The molecule has 1 aromatic heterocycles. The Balaban J connectivity index is 2.84. The van der Waals surface area contributed by atoms with Crippen molar-refractivity contribution in [2.75, 3.05) is 19.6 Å². The Kier molecular flexibility index (Phi) is 5.11. The molecule has 1 heterocycles. The second kappa shape index (κ2) is 6.02.